The minimum Gasteiger partial charge on any atom is -0.497 e. The first kappa shape index (κ1) is 23.9. The molecule has 0 radical (unpaired) electrons. The Morgan fingerprint density at radius 2 is 1.69 bits per heavy atom. The number of aromatic nitrogens is 1. The van der Waals surface area contributed by atoms with E-state index >= 15 is 0 Å². The van der Waals surface area contributed by atoms with Crippen LogP contribution in [0.25, 0.3) is 10.9 Å². The highest BCUT2D eigenvalue weighted by atomic mass is 32.2. The molecule has 3 aromatic carbocycles. The van der Waals surface area contributed by atoms with Gasteiger partial charge in [-0.25, -0.2) is 8.42 Å². The maximum Gasteiger partial charge on any atom is 0.252 e. The van der Waals surface area contributed by atoms with Gasteiger partial charge in [-0.3, -0.25) is 4.79 Å². The van der Waals surface area contributed by atoms with E-state index in [0.717, 1.165) is 22.0 Å². The summed E-state index contributed by atoms with van der Waals surface area (Å²) in [5, 5.41) is 0.839. The van der Waals surface area contributed by atoms with Gasteiger partial charge in [-0.05, 0) is 53.8 Å². The molecule has 9 heteroatoms. The van der Waals surface area contributed by atoms with Crippen LogP contribution in [0.3, 0.4) is 0 Å². The van der Waals surface area contributed by atoms with Crippen molar-refractivity contribution in [2.75, 3.05) is 20.3 Å². The molecule has 0 saturated heterocycles. The molecule has 1 aliphatic rings. The number of H-pyrrole nitrogens is 1. The minimum atomic E-state index is -4.01. The molecule has 1 N–H and O–H groups in total. The number of pyridine rings is 1. The van der Waals surface area contributed by atoms with Crippen molar-refractivity contribution in [1.29, 1.82) is 0 Å². The summed E-state index contributed by atoms with van der Waals surface area (Å²) in [6, 6.07) is 19.2. The zero-order chi connectivity index (χ0) is 25.3. The molecule has 8 nitrogen and oxygen atoms in total. The van der Waals surface area contributed by atoms with E-state index in [1.807, 2.05) is 25.1 Å². The van der Waals surface area contributed by atoms with Crippen molar-refractivity contribution < 1.29 is 22.6 Å². The van der Waals surface area contributed by atoms with Crippen LogP contribution in [0.2, 0.25) is 0 Å². The summed E-state index contributed by atoms with van der Waals surface area (Å²) < 4.78 is 45.4. The second kappa shape index (κ2) is 9.67. The second-order valence-corrected chi connectivity index (χ2v) is 10.5. The van der Waals surface area contributed by atoms with Crippen molar-refractivity contribution >= 4 is 20.9 Å². The molecule has 5 rings (SSSR count). The number of aryl methyl sites for hydroxylation is 1. The highest BCUT2D eigenvalue weighted by Gasteiger charge is 2.28. The fourth-order valence-corrected chi connectivity index (χ4v) is 5.65. The van der Waals surface area contributed by atoms with Crippen molar-refractivity contribution in [3.05, 3.63) is 93.8 Å². The number of rotatable bonds is 7. The van der Waals surface area contributed by atoms with Crippen LogP contribution < -0.4 is 19.8 Å². The third-order valence-corrected chi connectivity index (χ3v) is 7.97. The zero-order valence-electron chi connectivity index (χ0n) is 20.0. The lowest BCUT2D eigenvalue weighted by molar-refractivity contribution is 0.171. The molecule has 0 fully saturated rings. The normalized spacial score (nSPS) is 13.2. The number of fused-ring (bicyclic) bond motifs is 2. The number of hydrogen-bond donors (Lipinski definition) is 1. The Morgan fingerprint density at radius 3 is 2.44 bits per heavy atom. The monoisotopic (exact) mass is 506 g/mol. The quantitative estimate of drug-likeness (QED) is 0.407. The van der Waals surface area contributed by atoms with Crippen LogP contribution in [0, 0.1) is 6.92 Å². The number of hydrogen-bond acceptors (Lipinski definition) is 6. The molecular weight excluding hydrogens is 480 g/mol. The number of aromatic amines is 1. The topological polar surface area (TPSA) is 97.9 Å². The van der Waals surface area contributed by atoms with Gasteiger partial charge in [-0.15, -0.1) is 0 Å². The van der Waals surface area contributed by atoms with E-state index in [1.165, 1.54) is 16.4 Å². The molecule has 0 unspecified atom stereocenters. The lowest BCUT2D eigenvalue weighted by atomic mass is 10.1. The summed E-state index contributed by atoms with van der Waals surface area (Å²) in [5.74, 6) is 1.55. The average Bonchev–Trinajstić information content (AvgIpc) is 2.89. The Morgan fingerprint density at radius 1 is 0.944 bits per heavy atom. The van der Waals surface area contributed by atoms with E-state index in [4.69, 9.17) is 14.2 Å². The molecule has 2 heterocycles. The molecule has 0 atom stereocenters. The van der Waals surface area contributed by atoms with Gasteiger partial charge < -0.3 is 19.2 Å². The van der Waals surface area contributed by atoms with Crippen LogP contribution in [0.15, 0.2) is 76.4 Å². The number of nitrogens with one attached hydrogen (secondary N) is 1. The molecular formula is C27H26N2O6S. The van der Waals surface area contributed by atoms with Gasteiger partial charge in [0.05, 0.1) is 17.5 Å². The number of benzene rings is 3. The Hall–Kier alpha value is -3.82. The molecule has 0 bridgehead atoms. The SMILES string of the molecule is COc1ccc(CN(Cc2cc3cccc(C)c3[nH]c2=O)S(=O)(=O)c2ccc3c(c2)OCCO3)cc1. The maximum absolute atomic E-state index is 13.9. The predicted octanol–water partition coefficient (Wildman–Crippen LogP) is 4.01. The van der Waals surface area contributed by atoms with Gasteiger partial charge in [-0.2, -0.15) is 4.31 Å². The molecule has 0 saturated carbocycles. The molecule has 36 heavy (non-hydrogen) atoms. The average molecular weight is 507 g/mol. The molecule has 4 aromatic rings. The molecule has 0 spiro atoms. The third-order valence-electron chi connectivity index (χ3n) is 6.18. The van der Waals surface area contributed by atoms with Gasteiger partial charge in [0.1, 0.15) is 19.0 Å². The number of methoxy groups -OCH3 is 1. The summed E-state index contributed by atoms with van der Waals surface area (Å²) in [4.78, 5) is 16.0. The number of sulfonamides is 1. The van der Waals surface area contributed by atoms with Crippen LogP contribution in [0.4, 0.5) is 0 Å². The van der Waals surface area contributed by atoms with Crippen molar-refractivity contribution in [2.24, 2.45) is 0 Å². The Labute approximate surface area is 209 Å². The fraction of sp³-hybridized carbons (Fsp3) is 0.222. The van der Waals surface area contributed by atoms with Crippen LogP contribution in [0.5, 0.6) is 17.2 Å². The number of nitrogens with zero attached hydrogens (tertiary/aromatic N) is 1. The summed E-state index contributed by atoms with van der Waals surface area (Å²) in [7, 11) is -2.44. The molecule has 0 amide bonds. The predicted molar refractivity (Wildman–Crippen MR) is 136 cm³/mol. The first-order valence-corrected chi connectivity index (χ1v) is 12.9. The summed E-state index contributed by atoms with van der Waals surface area (Å²) in [6.07, 6.45) is 0. The molecule has 1 aromatic heterocycles. The zero-order valence-corrected chi connectivity index (χ0v) is 20.8. The van der Waals surface area contributed by atoms with Gasteiger partial charge in [-0.1, -0.05) is 30.3 Å². The van der Waals surface area contributed by atoms with Crippen molar-refractivity contribution in [3.63, 3.8) is 0 Å². The van der Waals surface area contributed by atoms with Crippen LogP contribution in [0.1, 0.15) is 16.7 Å². The smallest absolute Gasteiger partial charge is 0.252 e. The fourth-order valence-electron chi connectivity index (χ4n) is 4.23. The van der Waals surface area contributed by atoms with Gasteiger partial charge in [0.25, 0.3) is 5.56 Å². The Bertz CT molecular complexity index is 1580. The van der Waals surface area contributed by atoms with E-state index in [2.05, 4.69) is 4.98 Å². The lowest BCUT2D eigenvalue weighted by Gasteiger charge is -2.24. The first-order valence-electron chi connectivity index (χ1n) is 11.5. The van der Waals surface area contributed by atoms with Gasteiger partial charge in [0, 0.05) is 24.7 Å². The van der Waals surface area contributed by atoms with Crippen molar-refractivity contribution in [1.82, 2.24) is 9.29 Å². The molecule has 1 aliphatic heterocycles. The highest BCUT2D eigenvalue weighted by molar-refractivity contribution is 7.89. The highest BCUT2D eigenvalue weighted by Crippen LogP contribution is 2.34. The van der Waals surface area contributed by atoms with Gasteiger partial charge in [0.2, 0.25) is 10.0 Å². The van der Waals surface area contributed by atoms with E-state index in [-0.39, 0.29) is 23.5 Å². The van der Waals surface area contributed by atoms with Crippen LogP contribution in [-0.2, 0) is 23.1 Å². The lowest BCUT2D eigenvalue weighted by Crippen LogP contribution is -2.32. The van der Waals surface area contributed by atoms with E-state index in [9.17, 15) is 13.2 Å². The largest absolute Gasteiger partial charge is 0.497 e. The Kier molecular flexibility index (Phi) is 6.42. The number of ether oxygens (including phenoxy) is 3. The van der Waals surface area contributed by atoms with Crippen molar-refractivity contribution in [3.8, 4) is 17.2 Å². The van der Waals surface area contributed by atoms with E-state index < -0.39 is 10.0 Å². The van der Waals surface area contributed by atoms with Crippen LogP contribution in [-0.4, -0.2) is 38.0 Å². The van der Waals surface area contributed by atoms with Gasteiger partial charge >= 0.3 is 0 Å². The second-order valence-electron chi connectivity index (χ2n) is 8.59. The maximum atomic E-state index is 13.9. The number of para-hydroxylation sites is 1. The standard InChI is InChI=1S/C27H26N2O6S/c1-18-4-3-5-20-14-21(27(30)28-26(18)20)17-29(16-19-6-8-22(33-2)9-7-19)36(31,32)23-10-11-24-25(15-23)35-13-12-34-24/h3-11,14-15H,12-13,16-17H2,1-2H3,(H,28,30). The van der Waals surface area contributed by atoms with E-state index in [0.29, 0.717) is 36.0 Å². The molecule has 186 valence electrons. The van der Waals surface area contributed by atoms with Crippen LogP contribution >= 0.6 is 0 Å². The summed E-state index contributed by atoms with van der Waals surface area (Å²) in [5.41, 5.74) is 2.46. The Balaban J connectivity index is 1.56. The first-order chi connectivity index (χ1) is 17.3. The third kappa shape index (κ3) is 4.67. The summed E-state index contributed by atoms with van der Waals surface area (Å²) >= 11 is 0. The van der Waals surface area contributed by atoms with Crippen molar-refractivity contribution in [2.45, 2.75) is 24.9 Å². The summed E-state index contributed by atoms with van der Waals surface area (Å²) in [6.45, 7) is 2.62. The minimum absolute atomic E-state index is 0.0616. The van der Waals surface area contributed by atoms with Gasteiger partial charge in [0.15, 0.2) is 11.5 Å². The molecule has 0 aliphatic carbocycles. The van der Waals surface area contributed by atoms with E-state index in [1.54, 1.807) is 43.5 Å².